The monoisotopic (exact) mass is 433 g/mol. The molecule has 1 aliphatic rings. The Hall–Kier alpha value is -2.57. The Kier molecular flexibility index (Phi) is 6.45. The molecule has 2 aromatic carbocycles. The average Bonchev–Trinajstić information content (AvgIpc) is 2.70. The fourth-order valence-corrected chi connectivity index (χ4v) is 3.81. The third-order valence-corrected chi connectivity index (χ3v) is 5.57. The van der Waals surface area contributed by atoms with Crippen molar-refractivity contribution in [2.45, 2.75) is 25.8 Å². The molecule has 0 bridgehead atoms. The molecular formula is C21H21Cl2N3O3. The Morgan fingerprint density at radius 2 is 1.90 bits per heavy atom. The van der Waals surface area contributed by atoms with Gasteiger partial charge >= 0.3 is 0 Å². The maximum Gasteiger partial charge on any atom is 0.244 e. The minimum atomic E-state index is -0.274. The Bertz CT molecular complexity index is 964. The lowest BCUT2D eigenvalue weighted by atomic mass is 10.1. The summed E-state index contributed by atoms with van der Waals surface area (Å²) in [4.78, 5) is 40.2. The third-order valence-electron chi connectivity index (χ3n) is 5.01. The summed E-state index contributed by atoms with van der Waals surface area (Å²) >= 11 is 12.2. The molecule has 0 spiro atoms. The van der Waals surface area contributed by atoms with Crippen LogP contribution < -0.4 is 10.2 Å². The van der Waals surface area contributed by atoms with E-state index in [2.05, 4.69) is 5.32 Å². The summed E-state index contributed by atoms with van der Waals surface area (Å²) in [5.74, 6) is -0.718. The van der Waals surface area contributed by atoms with Crippen molar-refractivity contribution in [2.75, 3.05) is 23.8 Å². The highest BCUT2D eigenvalue weighted by Gasteiger charge is 2.27. The van der Waals surface area contributed by atoms with E-state index < -0.39 is 0 Å². The molecule has 0 radical (unpaired) electrons. The standard InChI is InChI=1S/C21H21Cl2N3O3/c1-13(15-8-7-14(22)11-16(15)23)25(2)20(28)9-10-21(29)26-12-19(27)24-17-5-3-4-6-18(17)26/h3-8,11,13H,9-10,12H2,1-2H3,(H,24,27). The lowest BCUT2D eigenvalue weighted by Gasteiger charge is -2.30. The van der Waals surface area contributed by atoms with Gasteiger partial charge in [-0.05, 0) is 36.8 Å². The summed E-state index contributed by atoms with van der Waals surface area (Å²) in [5, 5.41) is 3.75. The molecule has 8 heteroatoms. The van der Waals surface area contributed by atoms with E-state index in [1.54, 1.807) is 54.4 Å². The third kappa shape index (κ3) is 4.71. The number of carbonyl (C=O) groups is 3. The molecule has 29 heavy (non-hydrogen) atoms. The summed E-state index contributed by atoms with van der Waals surface area (Å²) in [6, 6.07) is 12.0. The normalized spacial score (nSPS) is 14.1. The molecule has 0 saturated carbocycles. The molecule has 0 aromatic heterocycles. The molecule has 0 aliphatic carbocycles. The van der Waals surface area contributed by atoms with Gasteiger partial charge in [0, 0.05) is 29.9 Å². The van der Waals surface area contributed by atoms with Crippen molar-refractivity contribution in [1.29, 1.82) is 0 Å². The van der Waals surface area contributed by atoms with Crippen molar-refractivity contribution in [3.8, 4) is 0 Å². The first kappa shape index (κ1) is 21.1. The van der Waals surface area contributed by atoms with Crippen LogP contribution in [0.4, 0.5) is 11.4 Å². The van der Waals surface area contributed by atoms with Crippen molar-refractivity contribution in [1.82, 2.24) is 4.90 Å². The number of hydrogen-bond donors (Lipinski definition) is 1. The molecule has 1 atom stereocenters. The number of hydrogen-bond acceptors (Lipinski definition) is 3. The molecule has 1 unspecified atom stereocenters. The number of anilines is 2. The number of nitrogens with one attached hydrogen (secondary N) is 1. The van der Waals surface area contributed by atoms with E-state index in [9.17, 15) is 14.4 Å². The lowest BCUT2D eigenvalue weighted by molar-refractivity contribution is -0.133. The van der Waals surface area contributed by atoms with Crippen molar-refractivity contribution in [3.63, 3.8) is 0 Å². The van der Waals surface area contributed by atoms with Crippen molar-refractivity contribution in [2.24, 2.45) is 0 Å². The number of amides is 3. The summed E-state index contributed by atoms with van der Waals surface area (Å²) < 4.78 is 0. The molecule has 3 rings (SSSR count). The number of para-hydroxylation sites is 2. The van der Waals surface area contributed by atoms with E-state index in [1.165, 1.54) is 4.90 Å². The Labute approximate surface area is 179 Å². The van der Waals surface area contributed by atoms with Crippen molar-refractivity contribution in [3.05, 3.63) is 58.1 Å². The second kappa shape index (κ2) is 8.84. The van der Waals surface area contributed by atoms with Crippen LogP contribution >= 0.6 is 23.2 Å². The van der Waals surface area contributed by atoms with Gasteiger partial charge in [-0.1, -0.05) is 41.4 Å². The van der Waals surface area contributed by atoms with Gasteiger partial charge in [0.05, 0.1) is 17.4 Å². The highest BCUT2D eigenvalue weighted by atomic mass is 35.5. The maximum atomic E-state index is 12.7. The van der Waals surface area contributed by atoms with Crippen LogP contribution in [0.1, 0.15) is 31.4 Å². The number of benzene rings is 2. The second-order valence-electron chi connectivity index (χ2n) is 6.89. The van der Waals surface area contributed by atoms with Crippen LogP contribution in [0.15, 0.2) is 42.5 Å². The number of carbonyl (C=O) groups excluding carboxylic acids is 3. The number of fused-ring (bicyclic) bond motifs is 1. The molecule has 0 fully saturated rings. The summed E-state index contributed by atoms with van der Waals surface area (Å²) in [5.41, 5.74) is 2.01. The molecule has 1 aliphatic heterocycles. The van der Waals surface area contributed by atoms with Gasteiger partial charge in [0.15, 0.2) is 0 Å². The highest BCUT2D eigenvalue weighted by Crippen LogP contribution is 2.31. The maximum absolute atomic E-state index is 12.7. The molecule has 152 valence electrons. The molecule has 1 N–H and O–H groups in total. The molecule has 1 heterocycles. The van der Waals surface area contributed by atoms with E-state index in [0.717, 1.165) is 5.56 Å². The topological polar surface area (TPSA) is 69.7 Å². The van der Waals surface area contributed by atoms with Gasteiger partial charge in [-0.15, -0.1) is 0 Å². The molecule has 2 aromatic rings. The minimum Gasteiger partial charge on any atom is -0.339 e. The van der Waals surface area contributed by atoms with Crippen molar-refractivity contribution < 1.29 is 14.4 Å². The summed E-state index contributed by atoms with van der Waals surface area (Å²) in [6.45, 7) is 1.80. The Morgan fingerprint density at radius 1 is 1.17 bits per heavy atom. The number of halogens is 2. The Balaban J connectivity index is 1.64. The quantitative estimate of drug-likeness (QED) is 0.764. The second-order valence-corrected chi connectivity index (χ2v) is 7.74. The van der Waals surface area contributed by atoms with E-state index in [1.807, 2.05) is 6.92 Å². The largest absolute Gasteiger partial charge is 0.339 e. The highest BCUT2D eigenvalue weighted by molar-refractivity contribution is 6.35. The van der Waals surface area contributed by atoms with E-state index in [-0.39, 0.29) is 43.1 Å². The summed E-state index contributed by atoms with van der Waals surface area (Å²) in [7, 11) is 1.67. The van der Waals surface area contributed by atoms with Gasteiger partial charge in [0.2, 0.25) is 17.7 Å². The number of rotatable bonds is 5. The first-order valence-corrected chi connectivity index (χ1v) is 9.93. The minimum absolute atomic E-state index is 0.00581. The predicted octanol–water partition coefficient (Wildman–Crippen LogP) is 4.28. The average molecular weight is 434 g/mol. The van der Waals surface area contributed by atoms with Crippen LogP contribution in [0.3, 0.4) is 0 Å². The van der Waals surface area contributed by atoms with Crippen molar-refractivity contribution >= 4 is 52.3 Å². The first-order valence-electron chi connectivity index (χ1n) is 9.17. The zero-order valence-corrected chi connectivity index (χ0v) is 17.6. The molecule has 3 amide bonds. The van der Waals surface area contributed by atoms with E-state index in [0.29, 0.717) is 21.4 Å². The Morgan fingerprint density at radius 3 is 2.62 bits per heavy atom. The smallest absolute Gasteiger partial charge is 0.244 e. The lowest BCUT2D eigenvalue weighted by Crippen LogP contribution is -2.42. The van der Waals surface area contributed by atoms with Gasteiger partial charge in [0.25, 0.3) is 0 Å². The first-order chi connectivity index (χ1) is 13.8. The zero-order valence-electron chi connectivity index (χ0n) is 16.1. The van der Waals surface area contributed by atoms with E-state index >= 15 is 0 Å². The van der Waals surface area contributed by atoms with Crippen LogP contribution in [0, 0.1) is 0 Å². The molecule has 0 saturated heterocycles. The zero-order chi connectivity index (χ0) is 21.1. The molecule has 6 nitrogen and oxygen atoms in total. The van der Waals surface area contributed by atoms with Gasteiger partial charge in [-0.2, -0.15) is 0 Å². The van der Waals surface area contributed by atoms with Gasteiger partial charge in [0.1, 0.15) is 6.54 Å². The molecular weight excluding hydrogens is 413 g/mol. The van der Waals surface area contributed by atoms with E-state index in [4.69, 9.17) is 23.2 Å². The SMILES string of the molecule is CC(c1ccc(Cl)cc1Cl)N(C)C(=O)CCC(=O)N1CC(=O)Nc2ccccc21. The van der Waals surface area contributed by atoms with Crippen LogP contribution in [-0.4, -0.2) is 36.2 Å². The van der Waals surface area contributed by atoms with Gasteiger partial charge in [-0.25, -0.2) is 0 Å². The van der Waals surface area contributed by atoms with Gasteiger partial charge in [-0.3, -0.25) is 14.4 Å². The fourth-order valence-electron chi connectivity index (χ4n) is 3.25. The summed E-state index contributed by atoms with van der Waals surface area (Å²) in [6.07, 6.45) is 0.0387. The number of nitrogens with zero attached hydrogens (tertiary/aromatic N) is 2. The van der Waals surface area contributed by atoms with Gasteiger partial charge < -0.3 is 15.1 Å². The fraction of sp³-hybridized carbons (Fsp3) is 0.286. The van der Waals surface area contributed by atoms with Crippen LogP contribution in [-0.2, 0) is 14.4 Å². The van der Waals surface area contributed by atoms with Crippen LogP contribution in [0.5, 0.6) is 0 Å². The van der Waals surface area contributed by atoms with Crippen LogP contribution in [0.25, 0.3) is 0 Å². The predicted molar refractivity (Wildman–Crippen MR) is 114 cm³/mol. The van der Waals surface area contributed by atoms with Crippen LogP contribution in [0.2, 0.25) is 10.0 Å².